The molecule has 20 heavy (non-hydrogen) atoms. The molecule has 0 amide bonds. The number of rotatable bonds is 3. The van der Waals surface area contributed by atoms with Crippen molar-refractivity contribution < 1.29 is 0 Å². The third-order valence-electron chi connectivity index (χ3n) is 2.99. The van der Waals surface area contributed by atoms with Gasteiger partial charge < -0.3 is 4.90 Å². The van der Waals surface area contributed by atoms with Crippen molar-refractivity contribution in [2.45, 2.75) is 26.2 Å². The SMILES string of the molecule is CN(C)c1ccc(/C=N/c2nc(C(C)(C)C)cs2)cc1. The molecule has 0 saturated carbocycles. The Morgan fingerprint density at radius 3 is 2.30 bits per heavy atom. The van der Waals surface area contributed by atoms with Gasteiger partial charge in [0.25, 0.3) is 0 Å². The Hall–Kier alpha value is -1.68. The molecule has 0 fully saturated rings. The minimum Gasteiger partial charge on any atom is -0.378 e. The minimum absolute atomic E-state index is 0.0810. The van der Waals surface area contributed by atoms with Crippen LogP contribution in [0.25, 0.3) is 0 Å². The third-order valence-corrected chi connectivity index (χ3v) is 3.74. The highest BCUT2D eigenvalue weighted by Crippen LogP contribution is 2.27. The molecule has 3 nitrogen and oxygen atoms in total. The fraction of sp³-hybridized carbons (Fsp3) is 0.375. The van der Waals surface area contributed by atoms with Gasteiger partial charge in [-0.1, -0.05) is 32.9 Å². The topological polar surface area (TPSA) is 28.5 Å². The summed E-state index contributed by atoms with van der Waals surface area (Å²) in [7, 11) is 4.07. The van der Waals surface area contributed by atoms with Crippen LogP contribution in [0.4, 0.5) is 10.8 Å². The number of aromatic nitrogens is 1. The maximum Gasteiger partial charge on any atom is 0.209 e. The first kappa shape index (κ1) is 14.7. The van der Waals surface area contributed by atoms with Crippen LogP contribution in [-0.4, -0.2) is 25.3 Å². The van der Waals surface area contributed by atoms with E-state index in [1.807, 2.05) is 20.3 Å². The van der Waals surface area contributed by atoms with Gasteiger partial charge in [0.1, 0.15) is 0 Å². The molecule has 0 spiro atoms. The van der Waals surface area contributed by atoms with E-state index in [2.05, 4.69) is 65.3 Å². The number of aliphatic imine (C=N–C) groups is 1. The molecule has 0 aliphatic rings. The van der Waals surface area contributed by atoms with Gasteiger partial charge in [0.15, 0.2) is 0 Å². The average Bonchev–Trinajstić information content (AvgIpc) is 2.85. The summed E-state index contributed by atoms with van der Waals surface area (Å²) in [5, 5.41) is 2.90. The molecule has 0 unspecified atom stereocenters. The normalized spacial score (nSPS) is 12.1. The monoisotopic (exact) mass is 287 g/mol. The predicted molar refractivity (Wildman–Crippen MR) is 88.8 cm³/mol. The molecule has 0 bridgehead atoms. The van der Waals surface area contributed by atoms with E-state index in [1.165, 1.54) is 5.69 Å². The molecule has 4 heteroatoms. The average molecular weight is 287 g/mol. The van der Waals surface area contributed by atoms with Gasteiger partial charge in [-0.25, -0.2) is 9.98 Å². The van der Waals surface area contributed by atoms with Crippen molar-refractivity contribution in [2.75, 3.05) is 19.0 Å². The van der Waals surface area contributed by atoms with Crippen molar-refractivity contribution >= 4 is 28.4 Å². The molecule has 0 N–H and O–H groups in total. The van der Waals surface area contributed by atoms with E-state index in [9.17, 15) is 0 Å². The first-order valence-electron chi connectivity index (χ1n) is 6.64. The summed E-state index contributed by atoms with van der Waals surface area (Å²) in [6.07, 6.45) is 1.87. The standard InChI is InChI=1S/C16H21N3S/c1-16(2,3)14-11-20-15(18-14)17-10-12-6-8-13(9-7-12)19(4)5/h6-11H,1-5H3/b17-10+. The second-order valence-electron chi connectivity index (χ2n) is 6.01. The van der Waals surface area contributed by atoms with Crippen molar-refractivity contribution in [2.24, 2.45) is 4.99 Å². The van der Waals surface area contributed by atoms with E-state index in [-0.39, 0.29) is 5.41 Å². The fourth-order valence-corrected chi connectivity index (χ4v) is 2.54. The summed E-state index contributed by atoms with van der Waals surface area (Å²) in [6, 6.07) is 8.31. The summed E-state index contributed by atoms with van der Waals surface area (Å²) in [5.41, 5.74) is 3.45. The van der Waals surface area contributed by atoms with Gasteiger partial charge in [0.2, 0.25) is 5.13 Å². The Kier molecular flexibility index (Phi) is 4.23. The minimum atomic E-state index is 0.0810. The van der Waals surface area contributed by atoms with Gasteiger partial charge >= 0.3 is 0 Å². The summed E-state index contributed by atoms with van der Waals surface area (Å²) in [5.74, 6) is 0. The zero-order valence-corrected chi connectivity index (χ0v) is 13.5. The highest BCUT2D eigenvalue weighted by molar-refractivity contribution is 7.13. The molecule has 1 heterocycles. The lowest BCUT2D eigenvalue weighted by atomic mass is 9.93. The van der Waals surface area contributed by atoms with Crippen LogP contribution < -0.4 is 4.90 Å². The van der Waals surface area contributed by atoms with Gasteiger partial charge in [-0.05, 0) is 17.7 Å². The number of hydrogen-bond acceptors (Lipinski definition) is 4. The summed E-state index contributed by atoms with van der Waals surface area (Å²) in [6.45, 7) is 6.49. The van der Waals surface area contributed by atoms with E-state index in [0.717, 1.165) is 16.4 Å². The maximum absolute atomic E-state index is 4.55. The summed E-state index contributed by atoms with van der Waals surface area (Å²) < 4.78 is 0. The van der Waals surface area contributed by atoms with Crippen LogP contribution in [0.3, 0.4) is 0 Å². The van der Waals surface area contributed by atoms with Crippen molar-refractivity contribution in [3.05, 3.63) is 40.9 Å². The molecule has 0 saturated heterocycles. The van der Waals surface area contributed by atoms with E-state index in [1.54, 1.807) is 11.3 Å². The lowest BCUT2D eigenvalue weighted by Gasteiger charge is -2.13. The summed E-state index contributed by atoms with van der Waals surface area (Å²) >= 11 is 1.59. The Bertz CT molecular complexity index is 589. The van der Waals surface area contributed by atoms with E-state index in [0.29, 0.717) is 0 Å². The molecule has 0 aliphatic heterocycles. The largest absolute Gasteiger partial charge is 0.378 e. The molecule has 106 valence electrons. The number of hydrogen-bond donors (Lipinski definition) is 0. The maximum atomic E-state index is 4.55. The molecule has 1 aromatic carbocycles. The van der Waals surface area contributed by atoms with Gasteiger partial charge in [0, 0.05) is 36.8 Å². The molecular weight excluding hydrogens is 266 g/mol. The molecule has 0 aliphatic carbocycles. The lowest BCUT2D eigenvalue weighted by Crippen LogP contribution is -2.10. The van der Waals surface area contributed by atoms with E-state index < -0.39 is 0 Å². The van der Waals surface area contributed by atoms with Crippen molar-refractivity contribution in [1.82, 2.24) is 4.98 Å². The first-order valence-corrected chi connectivity index (χ1v) is 7.52. The smallest absolute Gasteiger partial charge is 0.209 e. The zero-order valence-electron chi connectivity index (χ0n) is 12.7. The van der Waals surface area contributed by atoms with Gasteiger partial charge in [-0.15, -0.1) is 11.3 Å². The van der Waals surface area contributed by atoms with Crippen LogP contribution in [0.1, 0.15) is 32.0 Å². The van der Waals surface area contributed by atoms with Crippen molar-refractivity contribution in [1.29, 1.82) is 0 Å². The lowest BCUT2D eigenvalue weighted by molar-refractivity contribution is 0.573. The number of benzene rings is 1. The third kappa shape index (κ3) is 3.67. The highest BCUT2D eigenvalue weighted by atomic mass is 32.1. The highest BCUT2D eigenvalue weighted by Gasteiger charge is 2.16. The Morgan fingerprint density at radius 2 is 1.80 bits per heavy atom. The number of nitrogens with zero attached hydrogens (tertiary/aromatic N) is 3. The van der Waals surface area contributed by atoms with Crippen LogP contribution in [0.2, 0.25) is 0 Å². The van der Waals surface area contributed by atoms with Crippen LogP contribution in [0.15, 0.2) is 34.6 Å². The van der Waals surface area contributed by atoms with Gasteiger partial charge in [-0.3, -0.25) is 0 Å². The molecule has 0 radical (unpaired) electrons. The van der Waals surface area contributed by atoms with Crippen LogP contribution in [0, 0.1) is 0 Å². The van der Waals surface area contributed by atoms with Crippen LogP contribution in [0.5, 0.6) is 0 Å². The number of thiazole rings is 1. The van der Waals surface area contributed by atoms with Crippen molar-refractivity contribution in [3.63, 3.8) is 0 Å². The van der Waals surface area contributed by atoms with Crippen LogP contribution in [-0.2, 0) is 5.41 Å². The molecule has 1 aromatic heterocycles. The van der Waals surface area contributed by atoms with Gasteiger partial charge in [-0.2, -0.15) is 0 Å². The molecule has 2 aromatic rings. The second-order valence-corrected chi connectivity index (χ2v) is 6.85. The van der Waals surface area contributed by atoms with Gasteiger partial charge in [0.05, 0.1) is 5.69 Å². The van der Waals surface area contributed by atoms with E-state index >= 15 is 0 Å². The van der Waals surface area contributed by atoms with Crippen molar-refractivity contribution in [3.8, 4) is 0 Å². The summed E-state index contributed by atoms with van der Waals surface area (Å²) in [4.78, 5) is 11.1. The fourth-order valence-electron chi connectivity index (χ4n) is 1.66. The Labute approximate surface area is 125 Å². The van der Waals surface area contributed by atoms with E-state index in [4.69, 9.17) is 0 Å². The quantitative estimate of drug-likeness (QED) is 0.789. The Morgan fingerprint density at radius 1 is 1.15 bits per heavy atom. The zero-order chi connectivity index (χ0) is 14.8. The molecular formula is C16H21N3S. The van der Waals surface area contributed by atoms with Crippen LogP contribution >= 0.6 is 11.3 Å². The molecule has 2 rings (SSSR count). The number of anilines is 1. The second kappa shape index (κ2) is 5.75. The first-order chi connectivity index (χ1) is 9.36. The molecule has 0 atom stereocenters. The predicted octanol–water partition coefficient (Wildman–Crippen LogP) is 4.26. The Balaban J connectivity index is 2.11.